The highest BCUT2D eigenvalue weighted by atomic mass is 32.2. The van der Waals surface area contributed by atoms with Gasteiger partial charge in [-0.25, -0.2) is 18.0 Å². The summed E-state index contributed by atoms with van der Waals surface area (Å²) >= 11 is 0.727. The van der Waals surface area contributed by atoms with Crippen LogP contribution >= 0.6 is 11.3 Å². The fourth-order valence-electron chi connectivity index (χ4n) is 2.59. The molecule has 0 fully saturated rings. The van der Waals surface area contributed by atoms with Gasteiger partial charge >= 0.3 is 11.9 Å². The van der Waals surface area contributed by atoms with Gasteiger partial charge in [-0.1, -0.05) is 6.07 Å². The number of benzene rings is 1. The maximum atomic E-state index is 13.0. The van der Waals surface area contributed by atoms with Crippen molar-refractivity contribution in [2.75, 3.05) is 17.9 Å². The number of anilines is 1. The molecule has 2 rings (SSSR count). The monoisotopic (exact) mass is 456 g/mol. The van der Waals surface area contributed by atoms with Gasteiger partial charge in [-0.2, -0.15) is 0 Å². The van der Waals surface area contributed by atoms with E-state index in [1.165, 1.54) is 26.0 Å². The van der Waals surface area contributed by atoms with Crippen molar-refractivity contribution in [1.29, 1.82) is 0 Å². The Morgan fingerprint density at radius 2 is 1.73 bits per heavy atom. The highest BCUT2D eigenvalue weighted by Gasteiger charge is 2.30. The number of ether oxygens (including phenoxy) is 2. The number of nitrogens with zero attached hydrogens (tertiary/aromatic N) is 1. The van der Waals surface area contributed by atoms with Crippen LogP contribution in [0.1, 0.15) is 45.0 Å². The van der Waals surface area contributed by atoms with Crippen LogP contribution in [0.5, 0.6) is 0 Å². The van der Waals surface area contributed by atoms with E-state index in [9.17, 15) is 28.1 Å². The van der Waals surface area contributed by atoms with Crippen molar-refractivity contribution in [3.05, 3.63) is 49.9 Å². The summed E-state index contributed by atoms with van der Waals surface area (Å²) < 4.78 is 38.1. The molecule has 2 aromatic rings. The molecule has 1 N–H and O–H groups in total. The van der Waals surface area contributed by atoms with E-state index in [4.69, 9.17) is 9.47 Å². The highest BCUT2D eigenvalue weighted by Crippen LogP contribution is 2.36. The molecule has 0 unspecified atom stereocenters. The van der Waals surface area contributed by atoms with Crippen LogP contribution in [0.2, 0.25) is 0 Å². The van der Waals surface area contributed by atoms with E-state index >= 15 is 0 Å². The van der Waals surface area contributed by atoms with Crippen molar-refractivity contribution in [2.24, 2.45) is 0 Å². The number of nitrogens with one attached hydrogen (secondary N) is 1. The zero-order valence-corrected chi connectivity index (χ0v) is 18.3. The molecule has 0 radical (unpaired) electrons. The van der Waals surface area contributed by atoms with Gasteiger partial charge in [-0.05, 0) is 38.8 Å². The molecular weight excluding hydrogens is 436 g/mol. The number of sulfonamides is 1. The fraction of sp³-hybridized carbons (Fsp3) is 0.333. The number of non-ortho nitro benzene ring substituents is 1. The second-order valence-electron chi connectivity index (χ2n) is 6.01. The Morgan fingerprint density at radius 3 is 2.30 bits per heavy atom. The van der Waals surface area contributed by atoms with E-state index in [2.05, 4.69) is 4.72 Å². The van der Waals surface area contributed by atoms with Gasteiger partial charge in [0.05, 0.1) is 28.6 Å². The normalized spacial score (nSPS) is 11.1. The van der Waals surface area contributed by atoms with Crippen molar-refractivity contribution >= 4 is 44.0 Å². The predicted octanol–water partition coefficient (Wildman–Crippen LogP) is 3.43. The highest BCUT2D eigenvalue weighted by molar-refractivity contribution is 7.93. The summed E-state index contributed by atoms with van der Waals surface area (Å²) in [7, 11) is -4.32. The topological polar surface area (TPSA) is 142 Å². The quantitative estimate of drug-likeness (QED) is 0.362. The molecule has 0 aliphatic carbocycles. The zero-order valence-electron chi connectivity index (χ0n) is 16.7. The van der Waals surface area contributed by atoms with Gasteiger partial charge in [0.2, 0.25) is 0 Å². The summed E-state index contributed by atoms with van der Waals surface area (Å²) in [5.74, 6) is -1.52. The Balaban J connectivity index is 2.59. The van der Waals surface area contributed by atoms with Crippen molar-refractivity contribution in [3.63, 3.8) is 0 Å². The standard InChI is InChI=1S/C18H20N2O8S2/c1-5-27-17(21)14-11(4)15(18(22)28-6-2)29-16(14)19-30(25,26)13-9-12(20(23)24)8-7-10(13)3/h7-9,19H,5-6H2,1-4H3. The van der Waals surface area contributed by atoms with Gasteiger partial charge in [-0.3, -0.25) is 14.8 Å². The fourth-order valence-corrected chi connectivity index (χ4v) is 5.25. The number of nitro benzene ring substituents is 1. The second-order valence-corrected chi connectivity index (χ2v) is 8.69. The minimum Gasteiger partial charge on any atom is -0.462 e. The van der Waals surface area contributed by atoms with E-state index in [-0.39, 0.29) is 44.7 Å². The first-order chi connectivity index (χ1) is 14.0. The summed E-state index contributed by atoms with van der Waals surface area (Å²) in [6.45, 7) is 6.29. The minimum atomic E-state index is -4.32. The SMILES string of the molecule is CCOC(=O)c1sc(NS(=O)(=O)c2cc([N+](=O)[O-])ccc2C)c(C(=O)OCC)c1C. The van der Waals surface area contributed by atoms with Crippen LogP contribution in [0, 0.1) is 24.0 Å². The van der Waals surface area contributed by atoms with Crippen LogP contribution < -0.4 is 4.72 Å². The van der Waals surface area contributed by atoms with Gasteiger partial charge in [0.1, 0.15) is 9.88 Å². The molecule has 1 aromatic carbocycles. The van der Waals surface area contributed by atoms with E-state index in [1.54, 1.807) is 13.8 Å². The van der Waals surface area contributed by atoms with Crippen molar-refractivity contribution in [2.45, 2.75) is 32.6 Å². The lowest BCUT2D eigenvalue weighted by atomic mass is 10.1. The summed E-state index contributed by atoms with van der Waals surface area (Å²) in [4.78, 5) is 34.7. The van der Waals surface area contributed by atoms with Crippen LogP contribution in [0.15, 0.2) is 23.1 Å². The van der Waals surface area contributed by atoms with Crippen LogP contribution in [0.4, 0.5) is 10.7 Å². The smallest absolute Gasteiger partial charge is 0.348 e. The lowest BCUT2D eigenvalue weighted by Gasteiger charge is -2.11. The third-order valence-corrected chi connectivity index (χ3v) is 6.79. The Morgan fingerprint density at radius 1 is 1.13 bits per heavy atom. The molecule has 162 valence electrons. The van der Waals surface area contributed by atoms with E-state index in [1.807, 2.05) is 0 Å². The number of thiophene rings is 1. The number of hydrogen-bond acceptors (Lipinski definition) is 9. The van der Waals surface area contributed by atoms with Crippen LogP contribution in [0.3, 0.4) is 0 Å². The molecule has 0 aliphatic heterocycles. The van der Waals surface area contributed by atoms with Gasteiger partial charge < -0.3 is 9.47 Å². The molecule has 0 atom stereocenters. The van der Waals surface area contributed by atoms with Crippen LogP contribution in [-0.2, 0) is 19.5 Å². The molecule has 0 bridgehead atoms. The summed E-state index contributed by atoms with van der Waals surface area (Å²) in [5.41, 5.74) is -0.0345. The summed E-state index contributed by atoms with van der Waals surface area (Å²) in [6.07, 6.45) is 0. The van der Waals surface area contributed by atoms with Gasteiger partial charge in [0.25, 0.3) is 15.7 Å². The van der Waals surface area contributed by atoms with Gasteiger partial charge in [0.15, 0.2) is 0 Å². The lowest BCUT2D eigenvalue weighted by molar-refractivity contribution is -0.385. The Hall–Kier alpha value is -2.99. The maximum absolute atomic E-state index is 13.0. The molecule has 0 aliphatic rings. The van der Waals surface area contributed by atoms with E-state index < -0.39 is 32.6 Å². The average molecular weight is 456 g/mol. The Labute approximate surface area is 177 Å². The minimum absolute atomic E-state index is 0.0407. The molecule has 0 spiro atoms. The third kappa shape index (κ3) is 4.76. The molecular formula is C18H20N2O8S2. The summed E-state index contributed by atoms with van der Waals surface area (Å²) in [5, 5.41) is 10.9. The van der Waals surface area contributed by atoms with Crippen molar-refractivity contribution < 1.29 is 32.4 Å². The van der Waals surface area contributed by atoms with Gasteiger partial charge in [-0.15, -0.1) is 11.3 Å². The molecule has 0 saturated heterocycles. The zero-order chi connectivity index (χ0) is 22.6. The number of rotatable bonds is 8. The molecule has 1 heterocycles. The van der Waals surface area contributed by atoms with Crippen molar-refractivity contribution in [3.8, 4) is 0 Å². The molecule has 30 heavy (non-hydrogen) atoms. The predicted molar refractivity (Wildman–Crippen MR) is 110 cm³/mol. The first kappa shape index (κ1) is 23.3. The van der Waals surface area contributed by atoms with Crippen LogP contribution in [0.25, 0.3) is 0 Å². The second kappa shape index (κ2) is 9.22. The van der Waals surface area contributed by atoms with E-state index in [0.29, 0.717) is 0 Å². The van der Waals surface area contributed by atoms with Gasteiger partial charge in [0, 0.05) is 12.1 Å². The lowest BCUT2D eigenvalue weighted by Crippen LogP contribution is -2.16. The number of hydrogen-bond donors (Lipinski definition) is 1. The first-order valence-corrected chi connectivity index (χ1v) is 11.1. The molecule has 0 amide bonds. The maximum Gasteiger partial charge on any atom is 0.348 e. The van der Waals surface area contributed by atoms with Crippen molar-refractivity contribution in [1.82, 2.24) is 0 Å². The number of carbonyl (C=O) groups is 2. The van der Waals surface area contributed by atoms with Crippen LogP contribution in [-0.4, -0.2) is 38.5 Å². The molecule has 12 heteroatoms. The summed E-state index contributed by atoms with van der Waals surface area (Å²) in [6, 6.07) is 3.42. The largest absolute Gasteiger partial charge is 0.462 e. The number of nitro groups is 1. The molecule has 1 aromatic heterocycles. The number of aryl methyl sites for hydroxylation is 1. The Bertz CT molecular complexity index is 1110. The third-order valence-electron chi connectivity index (χ3n) is 3.99. The first-order valence-electron chi connectivity index (χ1n) is 8.78. The Kier molecular flexibility index (Phi) is 7.16. The number of carbonyl (C=O) groups excluding carboxylic acids is 2. The van der Waals surface area contributed by atoms with E-state index in [0.717, 1.165) is 17.4 Å². The number of esters is 2. The average Bonchev–Trinajstić information content (AvgIpc) is 2.97. The molecule has 10 nitrogen and oxygen atoms in total. The molecule has 0 saturated carbocycles.